The molecule has 0 unspecified atom stereocenters. The fourth-order valence-electron chi connectivity index (χ4n) is 3.10. The Morgan fingerprint density at radius 2 is 1.80 bits per heavy atom. The van der Waals surface area contributed by atoms with Gasteiger partial charge in [0, 0.05) is 17.6 Å². The van der Waals surface area contributed by atoms with Crippen LogP contribution in [0, 0.1) is 0 Å². The molecule has 0 fully saturated rings. The number of aromatic nitrogens is 2. The Morgan fingerprint density at radius 1 is 1.03 bits per heavy atom. The Morgan fingerprint density at radius 3 is 2.60 bits per heavy atom. The maximum Gasteiger partial charge on any atom is 0.262 e. The second kappa shape index (κ2) is 8.84. The normalized spacial score (nSPS) is 12.0. The minimum absolute atomic E-state index is 0.154. The number of azo groups is 1. The van der Waals surface area contributed by atoms with Gasteiger partial charge >= 0.3 is 0 Å². The van der Waals surface area contributed by atoms with Crippen LogP contribution in [0.1, 0.15) is 11.1 Å². The maximum atomic E-state index is 12.6. The number of allylic oxidation sites excluding steroid dienone is 1. The van der Waals surface area contributed by atoms with E-state index in [2.05, 4.69) is 15.2 Å². The van der Waals surface area contributed by atoms with E-state index in [4.69, 9.17) is 11.6 Å². The molecule has 0 aliphatic carbocycles. The molecule has 0 amide bonds. The molecule has 6 heteroatoms. The quantitative estimate of drug-likeness (QED) is 0.378. The summed E-state index contributed by atoms with van der Waals surface area (Å²) in [5, 5.41) is 10.00. The van der Waals surface area contributed by atoms with Crippen molar-refractivity contribution < 1.29 is 0 Å². The van der Waals surface area contributed by atoms with E-state index in [1.807, 2.05) is 72.8 Å². The molecule has 148 valence electrons. The first-order valence-corrected chi connectivity index (χ1v) is 9.87. The summed E-state index contributed by atoms with van der Waals surface area (Å²) in [5.41, 5.74) is 3.13. The van der Waals surface area contributed by atoms with E-state index in [1.54, 1.807) is 19.2 Å². The van der Waals surface area contributed by atoms with Gasteiger partial charge < -0.3 is 0 Å². The van der Waals surface area contributed by atoms with Gasteiger partial charge in [-0.1, -0.05) is 72.3 Å². The lowest BCUT2D eigenvalue weighted by Gasteiger charge is -2.05. The van der Waals surface area contributed by atoms with E-state index in [0.29, 0.717) is 28.0 Å². The summed E-state index contributed by atoms with van der Waals surface area (Å²) in [4.78, 5) is 17.1. The van der Waals surface area contributed by atoms with Crippen molar-refractivity contribution in [1.29, 1.82) is 0 Å². The van der Waals surface area contributed by atoms with Gasteiger partial charge in [-0.2, -0.15) is 0 Å². The summed E-state index contributed by atoms with van der Waals surface area (Å²) in [6, 6.07) is 24.7. The van der Waals surface area contributed by atoms with Crippen molar-refractivity contribution in [2.24, 2.45) is 17.3 Å². The number of hydrogen-bond acceptors (Lipinski definition) is 4. The van der Waals surface area contributed by atoms with Crippen LogP contribution in [0.2, 0.25) is 5.02 Å². The molecule has 0 N–H and O–H groups in total. The lowest BCUT2D eigenvalue weighted by molar-refractivity contribution is 0.831. The number of nitrogens with zero attached hydrogens (tertiary/aromatic N) is 4. The first-order chi connectivity index (χ1) is 14.6. The topological polar surface area (TPSA) is 59.6 Å². The van der Waals surface area contributed by atoms with Crippen LogP contribution in [0.5, 0.6) is 0 Å². The van der Waals surface area contributed by atoms with Gasteiger partial charge in [0.2, 0.25) is 0 Å². The Bertz CT molecular complexity index is 1310. The van der Waals surface area contributed by atoms with Crippen molar-refractivity contribution in [3.05, 3.63) is 111 Å². The molecule has 4 aromatic rings. The zero-order valence-electron chi connectivity index (χ0n) is 16.4. The van der Waals surface area contributed by atoms with E-state index in [9.17, 15) is 4.79 Å². The summed E-state index contributed by atoms with van der Waals surface area (Å²) < 4.78 is 1.41. The molecule has 0 spiro atoms. The van der Waals surface area contributed by atoms with Crippen molar-refractivity contribution in [3.63, 3.8) is 0 Å². The van der Waals surface area contributed by atoms with Crippen LogP contribution in [0.15, 0.2) is 100.0 Å². The molecule has 1 heterocycles. The van der Waals surface area contributed by atoms with E-state index in [-0.39, 0.29) is 11.5 Å². The summed E-state index contributed by atoms with van der Waals surface area (Å²) in [5.74, 6) is 0.253. The molecule has 5 nitrogen and oxygen atoms in total. The summed E-state index contributed by atoms with van der Waals surface area (Å²) in [7, 11) is 1.65. The van der Waals surface area contributed by atoms with E-state index >= 15 is 0 Å². The van der Waals surface area contributed by atoms with E-state index in [0.717, 1.165) is 11.1 Å². The van der Waals surface area contributed by atoms with Gasteiger partial charge in [0.05, 0.1) is 16.6 Å². The van der Waals surface area contributed by atoms with Crippen LogP contribution >= 0.6 is 11.6 Å². The molecule has 0 aliphatic heterocycles. The van der Waals surface area contributed by atoms with Crippen LogP contribution < -0.4 is 5.56 Å². The van der Waals surface area contributed by atoms with Crippen LogP contribution in [-0.4, -0.2) is 9.55 Å². The highest BCUT2D eigenvalue weighted by molar-refractivity contribution is 6.30. The highest BCUT2D eigenvalue weighted by Gasteiger charge is 2.08. The molecule has 3 aromatic carbocycles. The third kappa shape index (κ3) is 4.36. The molecule has 0 saturated heterocycles. The van der Waals surface area contributed by atoms with Crippen LogP contribution in [0.4, 0.5) is 5.95 Å². The maximum absolute atomic E-state index is 12.6. The van der Waals surface area contributed by atoms with Crippen molar-refractivity contribution >= 4 is 34.1 Å². The van der Waals surface area contributed by atoms with E-state index < -0.39 is 0 Å². The van der Waals surface area contributed by atoms with Gasteiger partial charge in [-0.3, -0.25) is 9.36 Å². The third-order valence-corrected chi connectivity index (χ3v) is 4.93. The second-order valence-corrected chi connectivity index (χ2v) is 7.22. The molecule has 0 aliphatic rings. The average Bonchev–Trinajstić information content (AvgIpc) is 2.77. The molecular weight excluding hydrogens is 396 g/mol. The summed E-state index contributed by atoms with van der Waals surface area (Å²) >= 11 is 6.10. The minimum Gasteiger partial charge on any atom is -0.278 e. The lowest BCUT2D eigenvalue weighted by Crippen LogP contribution is -2.17. The van der Waals surface area contributed by atoms with Crippen LogP contribution in [-0.2, 0) is 13.5 Å². The Hall–Kier alpha value is -3.57. The van der Waals surface area contributed by atoms with E-state index in [1.165, 1.54) is 4.57 Å². The molecule has 4 rings (SSSR count). The predicted molar refractivity (Wildman–Crippen MR) is 121 cm³/mol. The molecule has 0 atom stereocenters. The smallest absolute Gasteiger partial charge is 0.262 e. The fourth-order valence-corrected chi connectivity index (χ4v) is 3.31. The first-order valence-electron chi connectivity index (χ1n) is 9.49. The van der Waals surface area contributed by atoms with Gasteiger partial charge in [-0.25, -0.2) is 4.98 Å². The summed E-state index contributed by atoms with van der Waals surface area (Å²) in [6.45, 7) is 0. The number of hydrogen-bond donors (Lipinski definition) is 0. The standard InChI is InChI=1S/C24H19ClN4O/c1-29-23(30)20-12-5-6-13-22(20)26-24(29)28-27-21(18-9-3-2-4-10-18)15-14-17-8-7-11-19(25)16-17/h2-13,15-16H,14H2,1H3. The van der Waals surface area contributed by atoms with Crippen molar-refractivity contribution in [1.82, 2.24) is 9.55 Å². The molecule has 1 aromatic heterocycles. The number of halogens is 1. The van der Waals surface area contributed by atoms with Gasteiger partial charge in [-0.15, -0.1) is 10.2 Å². The lowest BCUT2D eigenvalue weighted by atomic mass is 10.1. The number of benzene rings is 3. The fraction of sp³-hybridized carbons (Fsp3) is 0.0833. The summed E-state index contributed by atoms with van der Waals surface area (Å²) in [6.07, 6.45) is 2.64. The van der Waals surface area contributed by atoms with Gasteiger partial charge in [0.15, 0.2) is 0 Å². The van der Waals surface area contributed by atoms with Crippen LogP contribution in [0.3, 0.4) is 0 Å². The van der Waals surface area contributed by atoms with Crippen molar-refractivity contribution in [2.75, 3.05) is 0 Å². The van der Waals surface area contributed by atoms with Crippen LogP contribution in [0.25, 0.3) is 16.6 Å². The van der Waals surface area contributed by atoms with Gasteiger partial charge in [0.1, 0.15) is 0 Å². The molecule has 30 heavy (non-hydrogen) atoms. The highest BCUT2D eigenvalue weighted by atomic mass is 35.5. The molecule has 0 radical (unpaired) electrons. The molecular formula is C24H19ClN4O. The Balaban J connectivity index is 1.73. The first kappa shape index (κ1) is 19.7. The Labute approximate surface area is 179 Å². The number of rotatable bonds is 5. The van der Waals surface area contributed by atoms with Gasteiger partial charge in [-0.05, 0) is 36.2 Å². The van der Waals surface area contributed by atoms with Crippen molar-refractivity contribution in [3.8, 4) is 0 Å². The Kier molecular flexibility index (Phi) is 5.82. The third-order valence-electron chi connectivity index (χ3n) is 4.70. The molecule has 0 bridgehead atoms. The SMILES string of the molecule is Cn1c(N=NC(=CCc2cccc(Cl)c2)c2ccccc2)nc2ccccc2c1=O. The zero-order valence-corrected chi connectivity index (χ0v) is 17.1. The molecule has 0 saturated carbocycles. The average molecular weight is 415 g/mol. The number of fused-ring (bicyclic) bond motifs is 1. The second-order valence-electron chi connectivity index (χ2n) is 6.78. The van der Waals surface area contributed by atoms with Crippen molar-refractivity contribution in [2.45, 2.75) is 6.42 Å². The minimum atomic E-state index is -0.154. The van der Waals surface area contributed by atoms with Gasteiger partial charge in [0.25, 0.3) is 11.5 Å². The monoisotopic (exact) mass is 414 g/mol. The zero-order chi connectivity index (χ0) is 20.9. The predicted octanol–water partition coefficient (Wildman–Crippen LogP) is 5.95. The number of para-hydroxylation sites is 1. The largest absolute Gasteiger partial charge is 0.278 e. The highest BCUT2D eigenvalue weighted by Crippen LogP contribution is 2.21.